The van der Waals surface area contributed by atoms with Crippen LogP contribution in [0.2, 0.25) is 5.02 Å². The number of nitrogens with zero attached hydrogens (tertiary/aromatic N) is 2. The third kappa shape index (κ3) is 4.10. The minimum absolute atomic E-state index is 0.521. The Morgan fingerprint density at radius 1 is 1.12 bits per heavy atom. The molecule has 0 saturated heterocycles. The van der Waals surface area contributed by atoms with E-state index < -0.39 is 0 Å². The van der Waals surface area contributed by atoms with Crippen molar-refractivity contribution in [3.05, 3.63) is 58.4 Å². The summed E-state index contributed by atoms with van der Waals surface area (Å²) in [7, 11) is 3.14. The number of hydrogen-bond donors (Lipinski definition) is 1. The first-order chi connectivity index (χ1) is 12.2. The molecule has 3 aromatic rings. The maximum atomic E-state index is 6.24. The highest BCUT2D eigenvalue weighted by Gasteiger charge is 2.08. The molecule has 0 aliphatic rings. The van der Waals surface area contributed by atoms with E-state index in [1.165, 1.54) is 11.3 Å². The number of anilines is 1. The van der Waals surface area contributed by atoms with Gasteiger partial charge >= 0.3 is 0 Å². The molecule has 0 saturated carbocycles. The minimum atomic E-state index is 0.521. The highest BCUT2D eigenvalue weighted by atomic mass is 35.5. The third-order valence-electron chi connectivity index (χ3n) is 3.44. The van der Waals surface area contributed by atoms with Crippen LogP contribution in [-0.4, -0.2) is 25.4 Å². The number of benzene rings is 2. The van der Waals surface area contributed by atoms with E-state index in [-0.39, 0.29) is 0 Å². The highest BCUT2D eigenvalue weighted by Crippen LogP contribution is 2.32. The van der Waals surface area contributed by atoms with E-state index in [2.05, 4.69) is 15.5 Å². The van der Waals surface area contributed by atoms with Gasteiger partial charge in [-0.2, -0.15) is 5.10 Å². The van der Waals surface area contributed by atoms with Crippen molar-refractivity contribution in [3.8, 4) is 22.8 Å². The molecule has 0 atom stereocenters. The van der Waals surface area contributed by atoms with E-state index in [0.717, 1.165) is 11.3 Å². The Morgan fingerprint density at radius 2 is 1.84 bits per heavy atom. The zero-order chi connectivity index (χ0) is 17.6. The normalized spacial score (nSPS) is 10.8. The summed E-state index contributed by atoms with van der Waals surface area (Å²) in [6.45, 7) is 0. The Hall–Kier alpha value is -2.57. The van der Waals surface area contributed by atoms with E-state index in [4.69, 9.17) is 21.1 Å². The maximum absolute atomic E-state index is 6.24. The summed E-state index contributed by atoms with van der Waals surface area (Å²) in [5, 5.41) is 7.41. The fourth-order valence-corrected chi connectivity index (χ4v) is 3.06. The quantitative estimate of drug-likeness (QED) is 0.492. The van der Waals surface area contributed by atoms with Gasteiger partial charge in [0.15, 0.2) is 11.5 Å². The monoisotopic (exact) mass is 373 g/mol. The summed E-state index contributed by atoms with van der Waals surface area (Å²) in [4.78, 5) is 4.51. The minimum Gasteiger partial charge on any atom is -0.493 e. The van der Waals surface area contributed by atoms with Gasteiger partial charge < -0.3 is 9.47 Å². The van der Waals surface area contributed by atoms with Crippen LogP contribution in [0, 0.1) is 0 Å². The first-order valence-electron chi connectivity index (χ1n) is 7.43. The molecule has 3 rings (SSSR count). The average Bonchev–Trinajstić information content (AvgIpc) is 3.12. The second-order valence-electron chi connectivity index (χ2n) is 5.00. The topological polar surface area (TPSA) is 55.7 Å². The Morgan fingerprint density at radius 3 is 2.56 bits per heavy atom. The molecule has 0 spiro atoms. The molecule has 128 valence electrons. The molecule has 1 N–H and O–H groups in total. The lowest BCUT2D eigenvalue weighted by Gasteiger charge is -2.09. The van der Waals surface area contributed by atoms with Crippen LogP contribution in [0.3, 0.4) is 0 Å². The molecular weight excluding hydrogens is 358 g/mol. The van der Waals surface area contributed by atoms with Gasteiger partial charge in [0.05, 0.1) is 31.2 Å². The molecule has 1 heterocycles. The van der Waals surface area contributed by atoms with Crippen molar-refractivity contribution < 1.29 is 9.47 Å². The number of aromatic nitrogens is 1. The zero-order valence-corrected chi connectivity index (χ0v) is 15.3. The van der Waals surface area contributed by atoms with Crippen molar-refractivity contribution in [2.45, 2.75) is 0 Å². The summed E-state index contributed by atoms with van der Waals surface area (Å²) in [5.74, 6) is 1.17. The van der Waals surface area contributed by atoms with Crippen molar-refractivity contribution in [2.24, 2.45) is 5.10 Å². The molecule has 1 aromatic heterocycles. The number of nitrogens with one attached hydrogen (secondary N) is 1. The number of rotatable bonds is 6. The number of ether oxygens (including phenoxy) is 2. The van der Waals surface area contributed by atoms with Crippen molar-refractivity contribution >= 4 is 34.3 Å². The second kappa shape index (κ2) is 8.00. The Kier molecular flexibility index (Phi) is 5.53. The van der Waals surface area contributed by atoms with E-state index in [1.807, 2.05) is 35.7 Å². The van der Waals surface area contributed by atoms with Gasteiger partial charge in [0.2, 0.25) is 5.13 Å². The number of thiazole rings is 1. The van der Waals surface area contributed by atoms with Crippen molar-refractivity contribution in [1.29, 1.82) is 0 Å². The maximum Gasteiger partial charge on any atom is 0.203 e. The van der Waals surface area contributed by atoms with Gasteiger partial charge in [-0.05, 0) is 6.07 Å². The van der Waals surface area contributed by atoms with Crippen LogP contribution in [0.1, 0.15) is 5.56 Å². The van der Waals surface area contributed by atoms with Crippen LogP contribution < -0.4 is 14.9 Å². The van der Waals surface area contributed by atoms with Crippen LogP contribution >= 0.6 is 22.9 Å². The highest BCUT2D eigenvalue weighted by molar-refractivity contribution is 7.14. The van der Waals surface area contributed by atoms with E-state index >= 15 is 0 Å². The summed E-state index contributed by atoms with van der Waals surface area (Å²) < 4.78 is 10.5. The lowest BCUT2D eigenvalue weighted by Crippen LogP contribution is -1.95. The third-order valence-corrected chi connectivity index (χ3v) is 4.51. The number of hydrazone groups is 1. The first-order valence-corrected chi connectivity index (χ1v) is 8.68. The largest absolute Gasteiger partial charge is 0.493 e. The molecular formula is C18H16ClN3O2S. The smallest absolute Gasteiger partial charge is 0.203 e. The van der Waals surface area contributed by atoms with Gasteiger partial charge in [-0.25, -0.2) is 4.98 Å². The predicted molar refractivity (Wildman–Crippen MR) is 103 cm³/mol. The first kappa shape index (κ1) is 17.3. The molecule has 25 heavy (non-hydrogen) atoms. The van der Waals surface area contributed by atoms with Crippen LogP contribution in [0.5, 0.6) is 11.5 Å². The number of hydrogen-bond acceptors (Lipinski definition) is 6. The second-order valence-corrected chi connectivity index (χ2v) is 6.27. The standard InChI is InChI=1S/C18H16ClN3O2S/c1-23-16-8-13(14(19)9-17(16)24-2)10-20-22-18-21-15(11-25-18)12-6-4-3-5-7-12/h3-11H,1-2H3,(H,21,22). The molecule has 0 fully saturated rings. The lowest BCUT2D eigenvalue weighted by molar-refractivity contribution is 0.355. The molecule has 0 amide bonds. The van der Waals surface area contributed by atoms with Crippen LogP contribution in [0.15, 0.2) is 52.9 Å². The predicted octanol–water partition coefficient (Wildman–Crippen LogP) is 4.93. The summed E-state index contributed by atoms with van der Waals surface area (Å²) >= 11 is 7.72. The van der Waals surface area contributed by atoms with E-state index in [1.54, 1.807) is 32.6 Å². The van der Waals surface area contributed by atoms with Crippen LogP contribution in [-0.2, 0) is 0 Å². The number of methoxy groups -OCH3 is 2. The molecule has 0 aliphatic heterocycles. The molecule has 7 heteroatoms. The molecule has 0 aliphatic carbocycles. The van der Waals surface area contributed by atoms with Crippen molar-refractivity contribution in [1.82, 2.24) is 4.98 Å². The van der Waals surface area contributed by atoms with Gasteiger partial charge in [-0.3, -0.25) is 5.43 Å². The van der Waals surface area contributed by atoms with Crippen LogP contribution in [0.25, 0.3) is 11.3 Å². The summed E-state index contributed by atoms with van der Waals surface area (Å²) in [6, 6.07) is 13.4. The fraction of sp³-hybridized carbons (Fsp3) is 0.111. The summed E-state index contributed by atoms with van der Waals surface area (Å²) in [5.41, 5.74) is 5.62. The van der Waals surface area contributed by atoms with E-state index in [9.17, 15) is 0 Å². The fourth-order valence-electron chi connectivity index (χ4n) is 2.19. The van der Waals surface area contributed by atoms with Gasteiger partial charge in [0, 0.05) is 22.6 Å². The van der Waals surface area contributed by atoms with Gasteiger partial charge in [-0.15, -0.1) is 11.3 Å². The zero-order valence-electron chi connectivity index (χ0n) is 13.7. The average molecular weight is 374 g/mol. The molecule has 0 bridgehead atoms. The molecule has 0 radical (unpaired) electrons. The van der Waals surface area contributed by atoms with Crippen molar-refractivity contribution in [3.63, 3.8) is 0 Å². The van der Waals surface area contributed by atoms with Crippen molar-refractivity contribution in [2.75, 3.05) is 19.6 Å². The van der Waals surface area contributed by atoms with E-state index in [0.29, 0.717) is 27.2 Å². The SMILES string of the molecule is COc1cc(Cl)c(C=NNc2nc(-c3ccccc3)cs2)cc1OC. The van der Waals surface area contributed by atoms with Gasteiger partial charge in [0.25, 0.3) is 0 Å². The molecule has 0 unspecified atom stereocenters. The molecule has 5 nitrogen and oxygen atoms in total. The Bertz CT molecular complexity index is 881. The van der Waals surface area contributed by atoms with Crippen LogP contribution in [0.4, 0.5) is 5.13 Å². The Balaban J connectivity index is 1.73. The lowest BCUT2D eigenvalue weighted by atomic mass is 10.2. The summed E-state index contributed by atoms with van der Waals surface area (Å²) in [6.07, 6.45) is 1.62. The molecule has 2 aromatic carbocycles. The van der Waals surface area contributed by atoms with Gasteiger partial charge in [0.1, 0.15) is 0 Å². The number of halogens is 1. The Labute approximate surface area is 154 Å². The van der Waals surface area contributed by atoms with Gasteiger partial charge in [-0.1, -0.05) is 41.9 Å².